The van der Waals surface area contributed by atoms with Crippen molar-refractivity contribution >= 4 is 45.7 Å². The summed E-state index contributed by atoms with van der Waals surface area (Å²) in [5.41, 5.74) is 6.22. The third-order valence-electron chi connectivity index (χ3n) is 12.2. The molecule has 3 fully saturated rings. The number of sulfonamides is 1. The molecule has 1 aromatic carbocycles. The first-order valence-electron chi connectivity index (χ1n) is 20.1. The maximum Gasteiger partial charge on any atom is 0.410 e. The van der Waals surface area contributed by atoms with Gasteiger partial charge in [-0.15, -0.1) is 0 Å². The highest BCUT2D eigenvalue weighted by Gasteiger charge is 2.50. The van der Waals surface area contributed by atoms with Gasteiger partial charge >= 0.3 is 12.1 Å². The van der Waals surface area contributed by atoms with Crippen molar-refractivity contribution in [2.45, 2.75) is 129 Å². The lowest BCUT2D eigenvalue weighted by Crippen LogP contribution is -2.63. The van der Waals surface area contributed by atoms with E-state index in [2.05, 4.69) is 16.0 Å². The highest BCUT2D eigenvalue weighted by atomic mass is 32.2. The van der Waals surface area contributed by atoms with E-state index in [0.29, 0.717) is 32.4 Å². The van der Waals surface area contributed by atoms with E-state index >= 15 is 4.79 Å². The molecule has 6 amide bonds. The number of likely N-dealkylation sites (tertiary alicyclic amines) is 1. The second-order valence-electron chi connectivity index (χ2n) is 17.9. The topological polar surface area (TPSA) is 218 Å². The van der Waals surface area contributed by atoms with E-state index in [4.69, 9.17) is 10.5 Å². The summed E-state index contributed by atoms with van der Waals surface area (Å²) >= 11 is 0. The van der Waals surface area contributed by atoms with Crippen LogP contribution in [0.1, 0.15) is 96.6 Å². The van der Waals surface area contributed by atoms with Crippen LogP contribution in [0.15, 0.2) is 24.3 Å². The minimum Gasteiger partial charge on any atom is -0.444 e. The third kappa shape index (κ3) is 11.2. The number of carbonyl (C=O) groups excluding carboxylic acids is 6. The third-order valence-corrected chi connectivity index (χ3v) is 13.5. The van der Waals surface area contributed by atoms with Crippen LogP contribution in [-0.2, 0) is 46.9 Å². The van der Waals surface area contributed by atoms with E-state index in [-0.39, 0.29) is 31.8 Å². The first-order chi connectivity index (χ1) is 26.7. The normalized spacial score (nSPS) is 22.4. The molecule has 5 N–H and O–H groups in total. The lowest BCUT2D eigenvalue weighted by atomic mass is 9.70. The number of nitrogens with one attached hydrogen (secondary N) is 3. The van der Waals surface area contributed by atoms with Gasteiger partial charge in [0.15, 0.2) is 0 Å². The Bertz CT molecular complexity index is 1810. The van der Waals surface area contributed by atoms with Crippen LogP contribution in [0.2, 0.25) is 0 Å². The molecule has 2 aliphatic carbocycles. The van der Waals surface area contributed by atoms with Gasteiger partial charge in [0.2, 0.25) is 27.6 Å². The zero-order valence-corrected chi connectivity index (χ0v) is 35.0. The highest BCUT2D eigenvalue weighted by molar-refractivity contribution is 7.88. The summed E-state index contributed by atoms with van der Waals surface area (Å²) in [6.07, 6.45) is 5.91. The van der Waals surface area contributed by atoms with Gasteiger partial charge in [-0.2, -0.15) is 0 Å². The molecule has 0 bridgehead atoms. The Labute approximate surface area is 336 Å². The van der Waals surface area contributed by atoms with Gasteiger partial charge in [-0.25, -0.2) is 22.3 Å². The molecule has 2 aliphatic heterocycles. The molecular weight excluding hydrogens is 755 g/mol. The first-order valence-corrected chi connectivity index (χ1v) is 22.0. The standard InChI is InChI=1S/C40H61N7O9S/c1-39(2,3)31(24-45(5)57(6,54)55)43-37(52)44-33(40(4)17-10-7-11-18-40)36(51)47-23-28(56-38(53)46-19-16-26-12-8-9-13-27(26)22-46)21-30(47)35(50)42-29(20-25-14-15-25)32(48)34(41)49/h8-9,12-13,25,28-31,33H,7,10-11,14-24H2,1-6H3,(H2,41,49)(H,42,50)(H2,43,44,52)/t28-,29?,30+,31-,33-/m1/s1. The van der Waals surface area contributed by atoms with Crippen molar-refractivity contribution in [3.8, 4) is 0 Å². The van der Waals surface area contributed by atoms with Crippen LogP contribution < -0.4 is 21.7 Å². The number of hydrogen-bond acceptors (Lipinski definition) is 9. The molecule has 316 valence electrons. The number of primary amides is 1. The summed E-state index contributed by atoms with van der Waals surface area (Å²) in [4.78, 5) is 84.5. The van der Waals surface area contributed by atoms with Gasteiger partial charge in [-0.3, -0.25) is 19.2 Å². The number of carbonyl (C=O) groups is 6. The summed E-state index contributed by atoms with van der Waals surface area (Å²) < 4.78 is 31.7. The molecule has 0 radical (unpaired) electrons. The number of hydrogen-bond donors (Lipinski definition) is 4. The summed E-state index contributed by atoms with van der Waals surface area (Å²) in [6.45, 7) is 8.17. The number of nitrogens with zero attached hydrogens (tertiary/aromatic N) is 3. The molecular formula is C40H61N7O9S. The quantitative estimate of drug-likeness (QED) is 0.203. The molecule has 2 heterocycles. The Balaban J connectivity index is 1.41. The molecule has 2 saturated carbocycles. The van der Waals surface area contributed by atoms with Crippen molar-refractivity contribution in [2.24, 2.45) is 22.5 Å². The van der Waals surface area contributed by atoms with Crippen LogP contribution in [-0.4, -0.2) is 121 Å². The number of amides is 6. The van der Waals surface area contributed by atoms with Gasteiger partial charge in [0.25, 0.3) is 5.91 Å². The predicted octanol–water partition coefficient (Wildman–Crippen LogP) is 2.43. The fraction of sp³-hybridized carbons (Fsp3) is 0.700. The summed E-state index contributed by atoms with van der Waals surface area (Å²) in [5.74, 6) is -3.20. The van der Waals surface area contributed by atoms with Crippen LogP contribution in [0.5, 0.6) is 0 Å². The molecule has 0 aromatic heterocycles. The number of benzene rings is 1. The second kappa shape index (κ2) is 17.7. The van der Waals surface area contributed by atoms with E-state index in [1.54, 1.807) is 4.90 Å². The van der Waals surface area contributed by atoms with Gasteiger partial charge in [0, 0.05) is 39.1 Å². The molecule has 57 heavy (non-hydrogen) atoms. The molecule has 0 spiro atoms. The highest BCUT2D eigenvalue weighted by Crippen LogP contribution is 2.41. The van der Waals surface area contributed by atoms with E-state index in [9.17, 15) is 32.4 Å². The van der Waals surface area contributed by atoms with Crippen molar-refractivity contribution in [3.05, 3.63) is 35.4 Å². The number of ketones is 1. The van der Waals surface area contributed by atoms with Crippen molar-refractivity contribution < 1.29 is 41.9 Å². The average Bonchev–Trinajstić information content (AvgIpc) is 3.87. The minimum absolute atomic E-state index is 0.0122. The minimum atomic E-state index is -3.56. The molecule has 5 rings (SSSR count). The Morgan fingerprint density at radius 3 is 2.25 bits per heavy atom. The van der Waals surface area contributed by atoms with Gasteiger partial charge in [0.1, 0.15) is 18.2 Å². The molecule has 4 aliphatic rings. The van der Waals surface area contributed by atoms with Crippen molar-refractivity contribution in [3.63, 3.8) is 0 Å². The molecule has 1 aromatic rings. The number of urea groups is 1. The van der Waals surface area contributed by atoms with Crippen LogP contribution in [0.3, 0.4) is 0 Å². The van der Waals surface area contributed by atoms with Crippen LogP contribution >= 0.6 is 0 Å². The number of ether oxygens (including phenoxy) is 1. The molecule has 17 heteroatoms. The molecule has 1 unspecified atom stereocenters. The largest absolute Gasteiger partial charge is 0.444 e. The van der Waals surface area contributed by atoms with Crippen LogP contribution in [0.25, 0.3) is 0 Å². The number of likely N-dealkylation sites (N-methyl/N-ethyl adjacent to an activating group) is 1. The number of fused-ring (bicyclic) bond motifs is 1. The van der Waals surface area contributed by atoms with Crippen LogP contribution in [0.4, 0.5) is 9.59 Å². The number of Topliss-reactive ketones (excluding diaryl/α,β-unsaturated/α-hetero) is 1. The van der Waals surface area contributed by atoms with Gasteiger partial charge in [0.05, 0.1) is 18.8 Å². The fourth-order valence-corrected chi connectivity index (χ4v) is 8.63. The Morgan fingerprint density at radius 2 is 1.65 bits per heavy atom. The summed E-state index contributed by atoms with van der Waals surface area (Å²) in [7, 11) is -2.13. The molecule has 16 nitrogen and oxygen atoms in total. The second-order valence-corrected chi connectivity index (χ2v) is 20.0. The zero-order chi connectivity index (χ0) is 41.9. The first kappa shape index (κ1) is 43.9. The number of nitrogens with two attached hydrogens (primary N) is 1. The van der Waals surface area contributed by atoms with Crippen molar-refractivity contribution in [1.82, 2.24) is 30.1 Å². The number of rotatable bonds is 14. The summed E-state index contributed by atoms with van der Waals surface area (Å²) in [6, 6.07) is 3.02. The van der Waals surface area contributed by atoms with E-state index in [0.717, 1.165) is 53.8 Å². The van der Waals surface area contributed by atoms with Crippen LogP contribution in [0, 0.1) is 16.7 Å². The smallest absolute Gasteiger partial charge is 0.410 e. The Hall–Kier alpha value is -4.25. The summed E-state index contributed by atoms with van der Waals surface area (Å²) in [5, 5.41) is 8.54. The Kier molecular flexibility index (Phi) is 13.6. The van der Waals surface area contributed by atoms with Gasteiger partial charge in [-0.05, 0) is 53.6 Å². The van der Waals surface area contributed by atoms with Gasteiger partial charge in [-0.1, -0.05) is 84.1 Å². The van der Waals surface area contributed by atoms with E-state index in [1.807, 2.05) is 52.0 Å². The fourth-order valence-electron chi connectivity index (χ4n) is 8.21. The van der Waals surface area contributed by atoms with Crippen molar-refractivity contribution in [2.75, 3.05) is 32.9 Å². The monoisotopic (exact) mass is 815 g/mol. The molecule has 5 atom stereocenters. The van der Waals surface area contributed by atoms with E-state index < -0.39 is 86.8 Å². The Morgan fingerprint density at radius 1 is 1.00 bits per heavy atom. The zero-order valence-electron chi connectivity index (χ0n) is 34.2. The SMILES string of the molecule is CN(C[C@@H](NC(=O)N[C@H](C(=O)N1C[C@H](OC(=O)N2CCc3ccccc3C2)C[C@H]1C(=O)NC(CC1CC1)C(=O)C(N)=O)C1(C)CCCCC1)C(C)(C)C)S(C)(=O)=O. The predicted molar refractivity (Wildman–Crippen MR) is 212 cm³/mol. The van der Waals surface area contributed by atoms with Gasteiger partial charge < -0.3 is 36.2 Å². The lowest BCUT2D eigenvalue weighted by molar-refractivity contribution is -0.144. The lowest BCUT2D eigenvalue weighted by Gasteiger charge is -2.43. The maximum absolute atomic E-state index is 15.0. The maximum atomic E-state index is 15.0. The van der Waals surface area contributed by atoms with E-state index in [1.165, 1.54) is 11.9 Å². The molecule has 1 saturated heterocycles. The van der Waals surface area contributed by atoms with Crippen molar-refractivity contribution in [1.29, 1.82) is 0 Å². The average molecular weight is 816 g/mol.